The van der Waals surface area contributed by atoms with E-state index < -0.39 is 18.0 Å². The number of hydrogen-bond acceptors (Lipinski definition) is 3. The summed E-state index contributed by atoms with van der Waals surface area (Å²) < 4.78 is 0. The molecule has 0 aliphatic heterocycles. The van der Waals surface area contributed by atoms with E-state index in [4.69, 9.17) is 5.11 Å². The number of likely N-dealkylation sites (N-methyl/N-ethyl adjacent to an activating group) is 2. The van der Waals surface area contributed by atoms with E-state index in [-0.39, 0.29) is 12.5 Å². The molecule has 3 amide bonds. The highest BCUT2D eigenvalue weighted by molar-refractivity contribution is 5.86. The Kier molecular flexibility index (Phi) is 6.77. The van der Waals surface area contributed by atoms with Crippen LogP contribution < -0.4 is 5.32 Å². The summed E-state index contributed by atoms with van der Waals surface area (Å²) in [5.41, 5.74) is 0. The highest BCUT2D eigenvalue weighted by atomic mass is 16.4. The summed E-state index contributed by atoms with van der Waals surface area (Å²) in [6.45, 7) is 1.75. The van der Waals surface area contributed by atoms with Crippen LogP contribution in [0.15, 0.2) is 0 Å². The van der Waals surface area contributed by atoms with Gasteiger partial charge in [0.25, 0.3) is 0 Å². The van der Waals surface area contributed by atoms with Gasteiger partial charge in [0.2, 0.25) is 5.91 Å². The van der Waals surface area contributed by atoms with Crippen LogP contribution in [-0.2, 0) is 9.59 Å². The van der Waals surface area contributed by atoms with Gasteiger partial charge >= 0.3 is 12.0 Å². The first kappa shape index (κ1) is 16.2. The van der Waals surface area contributed by atoms with Crippen LogP contribution in [0.5, 0.6) is 0 Å². The molecule has 0 spiro atoms. The zero-order valence-corrected chi connectivity index (χ0v) is 11.3. The molecule has 0 bridgehead atoms. The van der Waals surface area contributed by atoms with E-state index in [0.717, 1.165) is 4.90 Å². The van der Waals surface area contributed by atoms with Crippen LogP contribution in [0.4, 0.5) is 4.79 Å². The van der Waals surface area contributed by atoms with Gasteiger partial charge in [0, 0.05) is 21.1 Å². The normalized spacial score (nSPS) is 11.6. The van der Waals surface area contributed by atoms with Crippen molar-refractivity contribution < 1.29 is 19.5 Å². The lowest BCUT2D eigenvalue weighted by Gasteiger charge is -2.22. The lowest BCUT2D eigenvalue weighted by Crippen LogP contribution is -2.48. The number of hydrogen-bond donors (Lipinski definition) is 2. The maximum absolute atomic E-state index is 11.7. The monoisotopic (exact) mass is 259 g/mol. The van der Waals surface area contributed by atoms with Gasteiger partial charge in [0.05, 0.1) is 0 Å². The van der Waals surface area contributed by atoms with Crippen LogP contribution in [0.3, 0.4) is 0 Å². The maximum atomic E-state index is 11.7. The molecule has 0 aliphatic rings. The number of carboxylic acid groups (broad SMARTS) is 1. The highest BCUT2D eigenvalue weighted by Gasteiger charge is 2.21. The van der Waals surface area contributed by atoms with Gasteiger partial charge in [-0.1, -0.05) is 13.3 Å². The van der Waals surface area contributed by atoms with Crippen molar-refractivity contribution in [3.63, 3.8) is 0 Å². The van der Waals surface area contributed by atoms with E-state index in [2.05, 4.69) is 5.32 Å². The standard InChI is InChI=1S/C11H21N3O4/c1-5-6-8(10(16)17)12-11(18)14(4)7-9(15)13(2)3/h8H,5-7H2,1-4H3,(H,12,18)(H,16,17)/t8-/m1/s1. The molecule has 2 N–H and O–H groups in total. The number of nitrogens with zero attached hydrogens (tertiary/aromatic N) is 2. The van der Waals surface area contributed by atoms with Gasteiger partial charge in [-0.3, -0.25) is 4.79 Å². The molecule has 0 unspecified atom stereocenters. The Morgan fingerprint density at radius 3 is 2.17 bits per heavy atom. The van der Waals surface area contributed by atoms with Gasteiger partial charge in [0.1, 0.15) is 12.6 Å². The fraction of sp³-hybridized carbons (Fsp3) is 0.727. The zero-order chi connectivity index (χ0) is 14.3. The predicted molar refractivity (Wildman–Crippen MR) is 66.2 cm³/mol. The van der Waals surface area contributed by atoms with Crippen molar-refractivity contribution in [2.75, 3.05) is 27.7 Å². The Labute approximate surface area is 107 Å². The number of carboxylic acids is 1. The van der Waals surface area contributed by atoms with Crippen molar-refractivity contribution >= 4 is 17.9 Å². The first-order chi connectivity index (χ1) is 8.29. The lowest BCUT2D eigenvalue weighted by molar-refractivity contribution is -0.139. The number of rotatable bonds is 6. The van der Waals surface area contributed by atoms with Gasteiger partial charge in [-0.2, -0.15) is 0 Å². The number of carbonyl (C=O) groups is 3. The minimum absolute atomic E-state index is 0.0860. The summed E-state index contributed by atoms with van der Waals surface area (Å²) in [4.78, 5) is 36.5. The average Bonchev–Trinajstić information content (AvgIpc) is 2.27. The quantitative estimate of drug-likeness (QED) is 0.701. The number of nitrogens with one attached hydrogen (secondary N) is 1. The number of aliphatic carboxylic acids is 1. The largest absolute Gasteiger partial charge is 0.480 e. The van der Waals surface area contributed by atoms with E-state index >= 15 is 0 Å². The third-order valence-corrected chi connectivity index (χ3v) is 2.39. The molecule has 0 heterocycles. The molecule has 1 atom stereocenters. The Bertz CT molecular complexity index is 317. The molecule has 104 valence electrons. The molecular weight excluding hydrogens is 238 g/mol. The highest BCUT2D eigenvalue weighted by Crippen LogP contribution is 1.98. The molecule has 0 aromatic heterocycles. The van der Waals surface area contributed by atoms with Crippen molar-refractivity contribution in [3.05, 3.63) is 0 Å². The van der Waals surface area contributed by atoms with Gasteiger partial charge in [-0.15, -0.1) is 0 Å². The van der Waals surface area contributed by atoms with Crippen LogP contribution in [0.2, 0.25) is 0 Å². The minimum atomic E-state index is -1.07. The fourth-order valence-corrected chi connectivity index (χ4v) is 1.22. The molecule has 18 heavy (non-hydrogen) atoms. The third kappa shape index (κ3) is 5.51. The molecule has 0 saturated heterocycles. The van der Waals surface area contributed by atoms with Crippen molar-refractivity contribution in [1.29, 1.82) is 0 Å². The average molecular weight is 259 g/mol. The van der Waals surface area contributed by atoms with Crippen LogP contribution >= 0.6 is 0 Å². The van der Waals surface area contributed by atoms with Gasteiger partial charge in [-0.05, 0) is 6.42 Å². The first-order valence-corrected chi connectivity index (χ1v) is 5.74. The SMILES string of the molecule is CCC[C@@H](NC(=O)N(C)CC(=O)N(C)C)C(=O)O. The predicted octanol–water partition coefficient (Wildman–Crippen LogP) is -0.0307. The molecule has 0 radical (unpaired) electrons. The summed E-state index contributed by atoms with van der Waals surface area (Å²) in [6, 6.07) is -1.48. The van der Waals surface area contributed by atoms with Crippen LogP contribution in [0, 0.1) is 0 Å². The number of urea groups is 1. The summed E-state index contributed by atoms with van der Waals surface area (Å²) in [5, 5.41) is 11.3. The number of carbonyl (C=O) groups excluding carboxylic acids is 2. The second-order valence-electron chi connectivity index (χ2n) is 4.27. The van der Waals surface area contributed by atoms with E-state index in [1.54, 1.807) is 14.1 Å². The molecule has 0 aliphatic carbocycles. The smallest absolute Gasteiger partial charge is 0.326 e. The Hall–Kier alpha value is -1.79. The molecular formula is C11H21N3O4. The van der Waals surface area contributed by atoms with Crippen LogP contribution in [0.25, 0.3) is 0 Å². The summed E-state index contributed by atoms with van der Waals surface area (Å²) in [6.07, 6.45) is 1.01. The minimum Gasteiger partial charge on any atom is -0.480 e. The van der Waals surface area contributed by atoms with Crippen LogP contribution in [0.1, 0.15) is 19.8 Å². The summed E-state index contributed by atoms with van der Waals surface area (Å²) >= 11 is 0. The van der Waals surface area contributed by atoms with Gasteiger partial charge in [-0.25, -0.2) is 9.59 Å². The van der Waals surface area contributed by atoms with Gasteiger partial charge < -0.3 is 20.2 Å². The van der Waals surface area contributed by atoms with E-state index in [1.807, 2.05) is 6.92 Å². The Balaban J connectivity index is 4.37. The molecule has 0 saturated carbocycles. The van der Waals surface area contributed by atoms with Crippen molar-refractivity contribution in [2.24, 2.45) is 0 Å². The third-order valence-electron chi connectivity index (χ3n) is 2.39. The van der Waals surface area contributed by atoms with E-state index in [9.17, 15) is 14.4 Å². The Morgan fingerprint density at radius 1 is 1.22 bits per heavy atom. The van der Waals surface area contributed by atoms with Crippen molar-refractivity contribution in [2.45, 2.75) is 25.8 Å². The second kappa shape index (κ2) is 7.52. The number of amides is 3. The van der Waals surface area contributed by atoms with E-state index in [0.29, 0.717) is 12.8 Å². The summed E-state index contributed by atoms with van der Waals surface area (Å²) in [5.74, 6) is -1.30. The van der Waals surface area contributed by atoms with Crippen molar-refractivity contribution in [3.8, 4) is 0 Å². The lowest BCUT2D eigenvalue weighted by atomic mass is 10.2. The fourth-order valence-electron chi connectivity index (χ4n) is 1.22. The van der Waals surface area contributed by atoms with Crippen LogP contribution in [-0.4, -0.2) is 66.5 Å². The van der Waals surface area contributed by atoms with Gasteiger partial charge in [0.15, 0.2) is 0 Å². The topological polar surface area (TPSA) is 90.0 Å². The summed E-state index contributed by atoms with van der Waals surface area (Å²) in [7, 11) is 4.62. The van der Waals surface area contributed by atoms with E-state index in [1.165, 1.54) is 11.9 Å². The molecule has 7 nitrogen and oxygen atoms in total. The molecule has 0 aromatic rings. The maximum Gasteiger partial charge on any atom is 0.326 e. The molecule has 0 aromatic carbocycles. The zero-order valence-electron chi connectivity index (χ0n) is 11.3. The first-order valence-electron chi connectivity index (χ1n) is 5.74. The van der Waals surface area contributed by atoms with Crippen molar-refractivity contribution in [1.82, 2.24) is 15.1 Å². The molecule has 7 heteroatoms. The molecule has 0 rings (SSSR count). The second-order valence-corrected chi connectivity index (χ2v) is 4.27. The Morgan fingerprint density at radius 2 is 1.78 bits per heavy atom. The molecule has 0 fully saturated rings.